The summed E-state index contributed by atoms with van der Waals surface area (Å²) >= 11 is 0. The Morgan fingerprint density at radius 3 is 2.75 bits per heavy atom. The van der Waals surface area contributed by atoms with Gasteiger partial charge < -0.3 is 14.5 Å². The molecule has 0 N–H and O–H groups in total. The van der Waals surface area contributed by atoms with Gasteiger partial charge in [0.2, 0.25) is 0 Å². The van der Waals surface area contributed by atoms with Crippen LogP contribution in [0.5, 0.6) is 0 Å². The van der Waals surface area contributed by atoms with Gasteiger partial charge >= 0.3 is 0 Å². The van der Waals surface area contributed by atoms with Crippen molar-refractivity contribution >= 4 is 11.7 Å². The molecule has 3 heterocycles. The van der Waals surface area contributed by atoms with Gasteiger partial charge in [-0.25, -0.2) is 15.0 Å². The maximum absolute atomic E-state index is 12.6. The predicted octanol–water partition coefficient (Wildman–Crippen LogP) is 1.46. The van der Waals surface area contributed by atoms with Crippen LogP contribution >= 0.6 is 0 Å². The van der Waals surface area contributed by atoms with Crippen LogP contribution in [0.2, 0.25) is 0 Å². The highest BCUT2D eigenvalue weighted by Crippen LogP contribution is 2.23. The minimum absolute atomic E-state index is 0.0768. The van der Waals surface area contributed by atoms with Gasteiger partial charge in [0.15, 0.2) is 0 Å². The SMILES string of the molecule is Cc1ncc(C(=O)N2CCO[C@H](c3cccc(N(C)C)n3)C2)cn1. The topological polar surface area (TPSA) is 71.5 Å². The lowest BCUT2D eigenvalue weighted by atomic mass is 10.1. The summed E-state index contributed by atoms with van der Waals surface area (Å²) in [6.45, 7) is 3.30. The number of rotatable bonds is 3. The molecule has 7 nitrogen and oxygen atoms in total. The number of carbonyl (C=O) groups excluding carboxylic acids is 1. The maximum Gasteiger partial charge on any atom is 0.257 e. The Hall–Kier alpha value is -2.54. The molecule has 2 aromatic heterocycles. The van der Waals surface area contributed by atoms with Crippen molar-refractivity contribution in [1.29, 1.82) is 0 Å². The summed E-state index contributed by atoms with van der Waals surface area (Å²) in [6.07, 6.45) is 2.91. The van der Waals surface area contributed by atoms with Crippen molar-refractivity contribution < 1.29 is 9.53 Å². The quantitative estimate of drug-likeness (QED) is 0.850. The molecule has 1 fully saturated rings. The highest BCUT2D eigenvalue weighted by atomic mass is 16.5. The van der Waals surface area contributed by atoms with E-state index in [2.05, 4.69) is 15.0 Å². The number of pyridine rings is 1. The Morgan fingerprint density at radius 2 is 2.04 bits per heavy atom. The van der Waals surface area contributed by atoms with Gasteiger partial charge in [0.05, 0.1) is 24.4 Å². The second-order valence-corrected chi connectivity index (χ2v) is 5.94. The third-order valence-corrected chi connectivity index (χ3v) is 3.93. The molecule has 1 aliphatic heterocycles. The van der Waals surface area contributed by atoms with E-state index in [-0.39, 0.29) is 12.0 Å². The van der Waals surface area contributed by atoms with Crippen LogP contribution in [0.3, 0.4) is 0 Å². The van der Waals surface area contributed by atoms with Crippen LogP contribution in [-0.4, -0.2) is 59.6 Å². The van der Waals surface area contributed by atoms with Crippen LogP contribution in [0, 0.1) is 6.92 Å². The predicted molar refractivity (Wildman–Crippen MR) is 89.9 cm³/mol. The van der Waals surface area contributed by atoms with Gasteiger partial charge in [-0.15, -0.1) is 0 Å². The van der Waals surface area contributed by atoms with Crippen molar-refractivity contribution in [2.24, 2.45) is 0 Å². The highest BCUT2D eigenvalue weighted by Gasteiger charge is 2.27. The van der Waals surface area contributed by atoms with E-state index in [4.69, 9.17) is 4.74 Å². The van der Waals surface area contributed by atoms with E-state index in [1.165, 1.54) is 0 Å². The van der Waals surface area contributed by atoms with Gasteiger partial charge in [-0.2, -0.15) is 0 Å². The zero-order valence-corrected chi connectivity index (χ0v) is 14.1. The third kappa shape index (κ3) is 3.51. The average molecular weight is 327 g/mol. The van der Waals surface area contributed by atoms with E-state index in [0.29, 0.717) is 31.1 Å². The van der Waals surface area contributed by atoms with Crippen molar-refractivity contribution in [3.63, 3.8) is 0 Å². The molecule has 0 unspecified atom stereocenters. The minimum atomic E-state index is -0.228. The van der Waals surface area contributed by atoms with E-state index in [1.54, 1.807) is 24.2 Å². The molecule has 2 aromatic rings. The monoisotopic (exact) mass is 327 g/mol. The lowest BCUT2D eigenvalue weighted by Gasteiger charge is -2.32. The summed E-state index contributed by atoms with van der Waals surface area (Å²) in [5, 5.41) is 0. The number of aromatic nitrogens is 3. The standard InChI is InChI=1S/C17H21N5O2/c1-12-18-9-13(10-19-12)17(23)22-7-8-24-15(11-22)14-5-4-6-16(20-14)21(2)3/h4-6,9-10,15H,7-8,11H2,1-3H3/t15-/m0/s1. The van der Waals surface area contributed by atoms with Crippen LogP contribution in [0.25, 0.3) is 0 Å². The van der Waals surface area contributed by atoms with Gasteiger partial charge in [-0.1, -0.05) is 6.07 Å². The lowest BCUT2D eigenvalue weighted by Crippen LogP contribution is -2.42. The van der Waals surface area contributed by atoms with Crippen LogP contribution in [0.15, 0.2) is 30.6 Å². The second kappa shape index (κ2) is 6.92. The molecule has 0 aromatic carbocycles. The highest BCUT2D eigenvalue weighted by molar-refractivity contribution is 5.93. The third-order valence-electron chi connectivity index (χ3n) is 3.93. The van der Waals surface area contributed by atoms with Gasteiger partial charge in [-0.05, 0) is 19.1 Å². The molecule has 126 valence electrons. The van der Waals surface area contributed by atoms with Gasteiger partial charge in [0, 0.05) is 33.0 Å². The number of amides is 1. The summed E-state index contributed by atoms with van der Waals surface area (Å²) in [5.41, 5.74) is 1.33. The number of ether oxygens (including phenoxy) is 1. The molecular weight excluding hydrogens is 306 g/mol. The number of morpholine rings is 1. The lowest BCUT2D eigenvalue weighted by molar-refractivity contribution is -0.0247. The summed E-state index contributed by atoms with van der Waals surface area (Å²) in [6, 6.07) is 5.83. The molecule has 0 spiro atoms. The molecule has 0 saturated carbocycles. The van der Waals surface area contributed by atoms with Crippen molar-refractivity contribution in [2.75, 3.05) is 38.7 Å². The number of nitrogens with zero attached hydrogens (tertiary/aromatic N) is 5. The molecule has 3 rings (SSSR count). The molecule has 1 amide bonds. The summed E-state index contributed by atoms with van der Waals surface area (Å²) in [4.78, 5) is 29.1. The van der Waals surface area contributed by atoms with E-state index in [0.717, 1.165) is 11.5 Å². The number of aryl methyl sites for hydroxylation is 1. The summed E-state index contributed by atoms with van der Waals surface area (Å²) in [5.74, 6) is 1.44. The summed E-state index contributed by atoms with van der Waals surface area (Å²) in [7, 11) is 3.89. The van der Waals surface area contributed by atoms with E-state index in [1.807, 2.05) is 37.2 Å². The molecule has 1 saturated heterocycles. The van der Waals surface area contributed by atoms with E-state index >= 15 is 0 Å². The van der Waals surface area contributed by atoms with Gasteiger partial charge in [-0.3, -0.25) is 4.79 Å². The Labute approximate surface area is 141 Å². The average Bonchev–Trinajstić information content (AvgIpc) is 2.62. The summed E-state index contributed by atoms with van der Waals surface area (Å²) < 4.78 is 5.83. The molecular formula is C17H21N5O2. The molecule has 0 radical (unpaired) electrons. The number of carbonyl (C=O) groups is 1. The molecule has 1 aliphatic rings. The number of hydrogen-bond acceptors (Lipinski definition) is 6. The smallest absolute Gasteiger partial charge is 0.257 e. The molecule has 1 atom stereocenters. The molecule has 0 aliphatic carbocycles. The second-order valence-electron chi connectivity index (χ2n) is 5.94. The first-order chi connectivity index (χ1) is 11.5. The van der Waals surface area contributed by atoms with Gasteiger partial charge in [0.25, 0.3) is 5.91 Å². The Morgan fingerprint density at radius 1 is 1.29 bits per heavy atom. The van der Waals surface area contributed by atoms with Crippen LogP contribution in [0.1, 0.15) is 28.0 Å². The van der Waals surface area contributed by atoms with E-state index < -0.39 is 0 Å². The number of hydrogen-bond donors (Lipinski definition) is 0. The Kier molecular flexibility index (Phi) is 4.71. The van der Waals surface area contributed by atoms with Crippen LogP contribution in [0.4, 0.5) is 5.82 Å². The fourth-order valence-electron chi connectivity index (χ4n) is 2.57. The fourth-order valence-corrected chi connectivity index (χ4v) is 2.57. The zero-order valence-electron chi connectivity index (χ0n) is 14.1. The Balaban J connectivity index is 1.75. The molecule has 7 heteroatoms. The van der Waals surface area contributed by atoms with Crippen molar-refractivity contribution in [1.82, 2.24) is 19.9 Å². The normalized spacial score (nSPS) is 17.6. The zero-order chi connectivity index (χ0) is 17.1. The number of anilines is 1. The first-order valence-electron chi connectivity index (χ1n) is 7.88. The molecule has 0 bridgehead atoms. The van der Waals surface area contributed by atoms with Crippen LogP contribution < -0.4 is 4.90 Å². The van der Waals surface area contributed by atoms with Crippen molar-refractivity contribution in [2.45, 2.75) is 13.0 Å². The maximum atomic E-state index is 12.6. The van der Waals surface area contributed by atoms with Crippen LogP contribution in [-0.2, 0) is 4.74 Å². The first kappa shape index (κ1) is 16.3. The fraction of sp³-hybridized carbons (Fsp3) is 0.412. The largest absolute Gasteiger partial charge is 0.368 e. The van der Waals surface area contributed by atoms with Gasteiger partial charge in [0.1, 0.15) is 17.7 Å². The minimum Gasteiger partial charge on any atom is -0.368 e. The van der Waals surface area contributed by atoms with Crippen molar-refractivity contribution in [3.8, 4) is 0 Å². The van der Waals surface area contributed by atoms with Crippen molar-refractivity contribution in [3.05, 3.63) is 47.7 Å². The first-order valence-corrected chi connectivity index (χ1v) is 7.88. The molecule has 24 heavy (non-hydrogen) atoms. The van der Waals surface area contributed by atoms with E-state index in [9.17, 15) is 4.79 Å². The Bertz CT molecular complexity index is 717.